The third-order valence-electron chi connectivity index (χ3n) is 6.86. The summed E-state index contributed by atoms with van der Waals surface area (Å²) in [5, 5.41) is 19.0. The molecule has 0 radical (unpaired) electrons. The molecule has 1 saturated heterocycles. The number of amides is 1. The van der Waals surface area contributed by atoms with Crippen LogP contribution in [0.15, 0.2) is 42.6 Å². The first kappa shape index (κ1) is 28.8. The van der Waals surface area contributed by atoms with Gasteiger partial charge >= 0.3 is 12.2 Å². The number of ether oxygens (including phenoxy) is 2. The molecule has 0 spiro atoms. The third kappa shape index (κ3) is 5.56. The molecule has 0 bridgehead atoms. The van der Waals surface area contributed by atoms with Gasteiger partial charge in [-0.05, 0) is 69.7 Å². The number of carbonyl (C=O) groups is 2. The lowest BCUT2D eigenvalue weighted by molar-refractivity contribution is -0.0214. The smallest absolute Gasteiger partial charge is 0.420 e. The van der Waals surface area contributed by atoms with Gasteiger partial charge in [0.1, 0.15) is 34.6 Å². The van der Waals surface area contributed by atoms with Crippen LogP contribution in [0.4, 0.5) is 18.4 Å². The fourth-order valence-corrected chi connectivity index (χ4v) is 5.03. The molecule has 1 aliphatic rings. The molecule has 1 unspecified atom stereocenters. The Balaban J connectivity index is 1.60. The first-order valence-electron chi connectivity index (χ1n) is 13.3. The molecule has 0 saturated carbocycles. The predicted octanol–water partition coefficient (Wildman–Crippen LogP) is 5.63. The lowest BCUT2D eigenvalue weighted by Crippen LogP contribution is -2.45. The molecule has 12 heteroatoms. The monoisotopic (exact) mass is 577 g/mol. The number of imidazole rings is 1. The van der Waals surface area contributed by atoms with E-state index in [1.165, 1.54) is 17.0 Å². The SMILES string of the molecule is Cc1ccn2c(CC3CN(C(=O)O)CCO3)c(-c3c(F)cc(-c4ccc(C#N)n4C(=O)OC(C)(C)C)cc3F)nc2c1. The van der Waals surface area contributed by atoms with Crippen LogP contribution in [0.25, 0.3) is 28.2 Å². The Labute approximate surface area is 240 Å². The highest BCUT2D eigenvalue weighted by atomic mass is 19.1. The second kappa shape index (κ2) is 10.9. The summed E-state index contributed by atoms with van der Waals surface area (Å²) in [5.41, 5.74) is 0.676. The van der Waals surface area contributed by atoms with Gasteiger partial charge in [0, 0.05) is 24.7 Å². The van der Waals surface area contributed by atoms with Crippen molar-refractivity contribution in [3.8, 4) is 28.6 Å². The van der Waals surface area contributed by atoms with Gasteiger partial charge in [-0.1, -0.05) is 0 Å². The molecule has 0 aliphatic carbocycles. The van der Waals surface area contributed by atoms with Gasteiger partial charge in [-0.3, -0.25) is 0 Å². The van der Waals surface area contributed by atoms with Crippen molar-refractivity contribution in [1.29, 1.82) is 5.26 Å². The van der Waals surface area contributed by atoms with Gasteiger partial charge in [0.05, 0.1) is 41.9 Å². The molecule has 1 fully saturated rings. The number of rotatable bonds is 4. The van der Waals surface area contributed by atoms with Gasteiger partial charge in [-0.2, -0.15) is 5.26 Å². The Morgan fingerprint density at radius 1 is 1.19 bits per heavy atom. The summed E-state index contributed by atoms with van der Waals surface area (Å²) in [6, 6.07) is 10.5. The highest BCUT2D eigenvalue weighted by molar-refractivity contribution is 5.82. The number of carbonyl (C=O) groups excluding carboxylic acids is 1. The summed E-state index contributed by atoms with van der Waals surface area (Å²) >= 11 is 0. The van der Waals surface area contributed by atoms with Crippen LogP contribution in [-0.2, 0) is 15.9 Å². The maximum absolute atomic E-state index is 15.9. The Morgan fingerprint density at radius 3 is 2.55 bits per heavy atom. The molecule has 3 aromatic heterocycles. The molecule has 1 aromatic carbocycles. The number of hydrogen-bond acceptors (Lipinski definition) is 6. The summed E-state index contributed by atoms with van der Waals surface area (Å²) in [7, 11) is 0. The average molecular weight is 578 g/mol. The van der Waals surface area contributed by atoms with Crippen molar-refractivity contribution >= 4 is 17.8 Å². The molecule has 1 atom stereocenters. The number of aromatic nitrogens is 3. The van der Waals surface area contributed by atoms with Gasteiger partial charge in [-0.25, -0.2) is 27.9 Å². The predicted molar refractivity (Wildman–Crippen MR) is 148 cm³/mol. The zero-order chi connectivity index (χ0) is 30.3. The van der Waals surface area contributed by atoms with Crippen LogP contribution < -0.4 is 0 Å². The van der Waals surface area contributed by atoms with Crippen molar-refractivity contribution in [2.75, 3.05) is 19.7 Å². The van der Waals surface area contributed by atoms with E-state index in [-0.39, 0.29) is 54.3 Å². The molecule has 10 nitrogen and oxygen atoms in total. The van der Waals surface area contributed by atoms with Gasteiger partial charge in [-0.15, -0.1) is 0 Å². The minimum absolute atomic E-state index is 0.0231. The van der Waals surface area contributed by atoms with Crippen molar-refractivity contribution in [1.82, 2.24) is 18.9 Å². The molecule has 218 valence electrons. The largest absolute Gasteiger partial charge is 0.465 e. The second-order valence-electron chi connectivity index (χ2n) is 11.1. The average Bonchev–Trinajstić information content (AvgIpc) is 3.49. The number of benzene rings is 1. The van der Waals surface area contributed by atoms with Crippen LogP contribution in [0.5, 0.6) is 0 Å². The molecule has 42 heavy (non-hydrogen) atoms. The molecule has 1 N–H and O–H groups in total. The van der Waals surface area contributed by atoms with E-state index in [1.54, 1.807) is 37.4 Å². The van der Waals surface area contributed by atoms with E-state index >= 15 is 8.78 Å². The first-order chi connectivity index (χ1) is 19.9. The number of fused-ring (bicyclic) bond motifs is 1. The van der Waals surface area contributed by atoms with Gasteiger partial charge in [0.2, 0.25) is 0 Å². The molecule has 4 heterocycles. The Hall–Kier alpha value is -4.76. The molecular weight excluding hydrogens is 548 g/mol. The van der Waals surface area contributed by atoms with E-state index in [0.717, 1.165) is 22.3 Å². The Morgan fingerprint density at radius 2 is 1.90 bits per heavy atom. The quantitative estimate of drug-likeness (QED) is 0.333. The summed E-state index contributed by atoms with van der Waals surface area (Å²) in [5.74, 6) is -1.86. The number of carboxylic acid groups (broad SMARTS) is 1. The number of nitriles is 1. The first-order valence-corrected chi connectivity index (χ1v) is 13.3. The van der Waals surface area contributed by atoms with E-state index in [9.17, 15) is 20.0 Å². The van der Waals surface area contributed by atoms with Gasteiger partial charge in [0.15, 0.2) is 0 Å². The highest BCUT2D eigenvalue weighted by Gasteiger charge is 2.30. The van der Waals surface area contributed by atoms with Crippen molar-refractivity contribution in [3.05, 3.63) is 71.2 Å². The van der Waals surface area contributed by atoms with Crippen LogP contribution >= 0.6 is 0 Å². The summed E-state index contributed by atoms with van der Waals surface area (Å²) in [6.07, 6.45) is -0.584. The number of morpholine rings is 1. The van der Waals surface area contributed by atoms with Crippen molar-refractivity contribution in [2.45, 2.75) is 45.8 Å². The summed E-state index contributed by atoms with van der Waals surface area (Å²) in [6.45, 7) is 7.39. The maximum atomic E-state index is 15.9. The highest BCUT2D eigenvalue weighted by Crippen LogP contribution is 2.35. The van der Waals surface area contributed by atoms with Crippen LogP contribution in [0.2, 0.25) is 0 Å². The number of aryl methyl sites for hydroxylation is 1. The van der Waals surface area contributed by atoms with Crippen LogP contribution in [0, 0.1) is 29.9 Å². The molecule has 5 rings (SSSR count). The van der Waals surface area contributed by atoms with Crippen molar-refractivity contribution in [3.63, 3.8) is 0 Å². The van der Waals surface area contributed by atoms with Crippen molar-refractivity contribution in [2.24, 2.45) is 0 Å². The van der Waals surface area contributed by atoms with E-state index in [4.69, 9.17) is 9.47 Å². The van der Waals surface area contributed by atoms with Crippen molar-refractivity contribution < 1.29 is 33.0 Å². The number of halogens is 2. The lowest BCUT2D eigenvalue weighted by Gasteiger charge is -2.31. The van der Waals surface area contributed by atoms with Crippen LogP contribution in [0.3, 0.4) is 0 Å². The fraction of sp³-hybridized carbons (Fsp3) is 0.333. The maximum Gasteiger partial charge on any atom is 0.420 e. The summed E-state index contributed by atoms with van der Waals surface area (Å²) in [4.78, 5) is 30.3. The molecule has 1 amide bonds. The normalized spacial score (nSPS) is 15.5. The topological polar surface area (TPSA) is 122 Å². The van der Waals surface area contributed by atoms with Crippen LogP contribution in [0.1, 0.15) is 37.7 Å². The zero-order valence-electron chi connectivity index (χ0n) is 23.5. The molecule has 1 aliphatic heterocycles. The zero-order valence-corrected chi connectivity index (χ0v) is 23.5. The number of hydrogen-bond donors (Lipinski definition) is 1. The summed E-state index contributed by atoms with van der Waals surface area (Å²) < 4.78 is 45.7. The van der Waals surface area contributed by atoms with E-state index in [0.29, 0.717) is 11.3 Å². The van der Waals surface area contributed by atoms with E-state index in [2.05, 4.69) is 4.98 Å². The number of pyridine rings is 1. The molecular formula is C30H29F2N5O5. The van der Waals surface area contributed by atoms with Gasteiger partial charge in [0.25, 0.3) is 0 Å². The number of nitrogens with zero attached hydrogens (tertiary/aromatic N) is 5. The second-order valence-corrected chi connectivity index (χ2v) is 11.1. The fourth-order valence-electron chi connectivity index (χ4n) is 5.03. The van der Waals surface area contributed by atoms with Gasteiger partial charge < -0.3 is 23.9 Å². The van der Waals surface area contributed by atoms with E-state index in [1.807, 2.05) is 19.1 Å². The van der Waals surface area contributed by atoms with E-state index < -0.39 is 35.5 Å². The molecule has 4 aromatic rings. The minimum atomic E-state index is -1.07. The van der Waals surface area contributed by atoms with Crippen LogP contribution in [-0.4, -0.2) is 67.5 Å². The minimum Gasteiger partial charge on any atom is -0.465 e. The Bertz CT molecular complexity index is 1720. The Kier molecular flexibility index (Phi) is 7.47. The third-order valence-corrected chi connectivity index (χ3v) is 6.86. The standard InChI is InChI=1S/C30H29F2N5O5/c1-17-7-8-36-24(14-20-16-35(28(38)39)9-10-41-20)27(34-25(36)11-17)26-21(31)12-18(13-22(26)32)23-6-5-19(15-33)37(23)29(40)42-30(2,3)4/h5-8,11-13,20H,9-10,14,16H2,1-4H3,(H,38,39). The lowest BCUT2D eigenvalue weighted by atomic mass is 10.0.